The van der Waals surface area contributed by atoms with Gasteiger partial charge in [-0.15, -0.1) is 11.8 Å². The fourth-order valence-electron chi connectivity index (χ4n) is 2.93. The molecule has 0 aromatic heterocycles. The Kier molecular flexibility index (Phi) is 8.49. The molecule has 2 N–H and O–H groups in total. The Balaban J connectivity index is 1.67. The largest absolute Gasteiger partial charge is 0.495 e. The summed E-state index contributed by atoms with van der Waals surface area (Å²) in [6.07, 6.45) is 0. The third-order valence-corrected chi connectivity index (χ3v) is 6.22. The maximum atomic E-state index is 12.8. The quantitative estimate of drug-likeness (QED) is 0.348. The van der Waals surface area contributed by atoms with Crippen molar-refractivity contribution >= 4 is 58.2 Å². The molecular weight excluding hydrogens is 483 g/mol. The molecule has 6 nitrogen and oxygen atoms in total. The van der Waals surface area contributed by atoms with E-state index in [-0.39, 0.29) is 11.8 Å². The normalized spacial score (nSPS) is 11.4. The minimum absolute atomic E-state index is 0.229. The van der Waals surface area contributed by atoms with E-state index in [1.165, 1.54) is 26.0 Å². The van der Waals surface area contributed by atoms with Crippen LogP contribution in [0, 0.1) is 0 Å². The number of methoxy groups -OCH3 is 2. The predicted octanol–water partition coefficient (Wildman–Crippen LogP) is 6.38. The molecule has 0 aliphatic rings. The number of ether oxygens (including phenoxy) is 2. The van der Waals surface area contributed by atoms with Crippen LogP contribution in [0.25, 0.3) is 0 Å². The first-order chi connectivity index (χ1) is 15.8. The summed E-state index contributed by atoms with van der Waals surface area (Å²) in [5, 5.41) is 6.10. The zero-order valence-electron chi connectivity index (χ0n) is 18.1. The molecule has 0 aliphatic carbocycles. The van der Waals surface area contributed by atoms with E-state index < -0.39 is 5.25 Å². The lowest BCUT2D eigenvalue weighted by Gasteiger charge is -2.16. The fraction of sp³-hybridized carbons (Fsp3) is 0.167. The number of hydrogen-bond donors (Lipinski definition) is 2. The number of benzene rings is 3. The van der Waals surface area contributed by atoms with E-state index in [0.717, 1.165) is 4.90 Å². The Hall–Kier alpha value is -2.87. The Morgan fingerprint density at radius 3 is 2.33 bits per heavy atom. The zero-order chi connectivity index (χ0) is 24.0. The second-order valence-corrected chi connectivity index (χ2v) is 9.19. The average Bonchev–Trinajstić information content (AvgIpc) is 2.79. The summed E-state index contributed by atoms with van der Waals surface area (Å²) in [7, 11) is 3.00. The van der Waals surface area contributed by atoms with Crippen LogP contribution in [0.5, 0.6) is 11.5 Å². The molecule has 1 unspecified atom stereocenters. The first kappa shape index (κ1) is 24.8. The standard InChI is InChI=1S/C24H22Cl2N2O4S/c1-14(23(29)28-20-12-19(26)21(31-2)13-22(20)32-3)33-18-9-5-8-17(11-18)27-24(30)15-6-4-7-16(25)10-15/h4-14H,1-3H3,(H,27,30)(H,28,29). The molecule has 3 aromatic carbocycles. The summed E-state index contributed by atoms with van der Waals surface area (Å²) in [6, 6.07) is 17.2. The number of thioether (sulfide) groups is 1. The van der Waals surface area contributed by atoms with E-state index in [9.17, 15) is 9.59 Å². The monoisotopic (exact) mass is 504 g/mol. The van der Waals surface area contributed by atoms with Crippen molar-refractivity contribution < 1.29 is 19.1 Å². The van der Waals surface area contributed by atoms with Gasteiger partial charge in [-0.3, -0.25) is 9.59 Å². The van der Waals surface area contributed by atoms with Crippen molar-refractivity contribution in [2.24, 2.45) is 0 Å². The molecule has 0 heterocycles. The lowest BCUT2D eigenvalue weighted by atomic mass is 10.2. The molecule has 0 aliphatic heterocycles. The lowest BCUT2D eigenvalue weighted by Crippen LogP contribution is -2.22. The first-order valence-corrected chi connectivity index (χ1v) is 11.5. The van der Waals surface area contributed by atoms with Crippen LogP contribution in [0.3, 0.4) is 0 Å². The van der Waals surface area contributed by atoms with Crippen LogP contribution >= 0.6 is 35.0 Å². The molecule has 3 rings (SSSR count). The summed E-state index contributed by atoms with van der Waals surface area (Å²) in [5.41, 5.74) is 1.52. The molecule has 0 radical (unpaired) electrons. The third-order valence-electron chi connectivity index (χ3n) is 4.59. The summed E-state index contributed by atoms with van der Waals surface area (Å²) in [4.78, 5) is 26.1. The van der Waals surface area contributed by atoms with Gasteiger partial charge in [-0.05, 0) is 49.4 Å². The van der Waals surface area contributed by atoms with Gasteiger partial charge in [0.25, 0.3) is 5.91 Å². The van der Waals surface area contributed by atoms with Crippen molar-refractivity contribution in [3.05, 3.63) is 76.3 Å². The number of amides is 2. The predicted molar refractivity (Wildman–Crippen MR) is 134 cm³/mol. The molecule has 0 saturated carbocycles. The highest BCUT2D eigenvalue weighted by molar-refractivity contribution is 8.00. The molecule has 3 aromatic rings. The Bertz CT molecular complexity index is 1170. The molecular formula is C24H22Cl2N2O4S. The van der Waals surface area contributed by atoms with Gasteiger partial charge in [-0.2, -0.15) is 0 Å². The second kappa shape index (κ2) is 11.3. The highest BCUT2D eigenvalue weighted by Crippen LogP contribution is 2.36. The average molecular weight is 505 g/mol. The number of carbonyl (C=O) groups is 2. The van der Waals surface area contributed by atoms with E-state index in [4.69, 9.17) is 32.7 Å². The van der Waals surface area contributed by atoms with Gasteiger partial charge in [0.2, 0.25) is 5.91 Å². The molecule has 0 fully saturated rings. The van der Waals surface area contributed by atoms with Crippen molar-refractivity contribution in [2.75, 3.05) is 24.9 Å². The Morgan fingerprint density at radius 1 is 0.909 bits per heavy atom. The van der Waals surface area contributed by atoms with Gasteiger partial charge < -0.3 is 20.1 Å². The smallest absolute Gasteiger partial charge is 0.255 e. The van der Waals surface area contributed by atoms with Gasteiger partial charge in [0.15, 0.2) is 0 Å². The van der Waals surface area contributed by atoms with Gasteiger partial charge >= 0.3 is 0 Å². The van der Waals surface area contributed by atoms with Crippen molar-refractivity contribution in [2.45, 2.75) is 17.1 Å². The molecule has 9 heteroatoms. The number of hydrogen-bond acceptors (Lipinski definition) is 5. The van der Waals surface area contributed by atoms with Gasteiger partial charge in [0.05, 0.1) is 30.2 Å². The fourth-order valence-corrected chi connectivity index (χ4v) is 4.29. The second-order valence-electron chi connectivity index (χ2n) is 6.93. The molecule has 0 saturated heterocycles. The maximum Gasteiger partial charge on any atom is 0.255 e. The van der Waals surface area contributed by atoms with Crippen LogP contribution in [-0.4, -0.2) is 31.3 Å². The van der Waals surface area contributed by atoms with Crippen LogP contribution in [0.4, 0.5) is 11.4 Å². The summed E-state index contributed by atoms with van der Waals surface area (Å²) in [5.74, 6) is 0.389. The van der Waals surface area contributed by atoms with Crippen molar-refractivity contribution in [1.29, 1.82) is 0 Å². The lowest BCUT2D eigenvalue weighted by molar-refractivity contribution is -0.115. The van der Waals surface area contributed by atoms with Gasteiger partial charge in [0.1, 0.15) is 11.5 Å². The van der Waals surface area contributed by atoms with Crippen LogP contribution in [0.1, 0.15) is 17.3 Å². The van der Waals surface area contributed by atoms with Gasteiger partial charge in [-0.25, -0.2) is 0 Å². The van der Waals surface area contributed by atoms with Crippen molar-refractivity contribution in [1.82, 2.24) is 0 Å². The summed E-state index contributed by atoms with van der Waals surface area (Å²) in [6.45, 7) is 1.79. The van der Waals surface area contributed by atoms with E-state index in [1.54, 1.807) is 49.4 Å². The molecule has 0 spiro atoms. The van der Waals surface area contributed by atoms with Crippen LogP contribution in [0.15, 0.2) is 65.6 Å². The molecule has 33 heavy (non-hydrogen) atoms. The number of halogens is 2. The minimum atomic E-state index is -0.436. The van der Waals surface area contributed by atoms with Gasteiger partial charge in [-0.1, -0.05) is 35.3 Å². The van der Waals surface area contributed by atoms with Crippen LogP contribution in [0.2, 0.25) is 10.0 Å². The first-order valence-electron chi connectivity index (χ1n) is 9.86. The van der Waals surface area contributed by atoms with Crippen LogP contribution < -0.4 is 20.1 Å². The van der Waals surface area contributed by atoms with E-state index >= 15 is 0 Å². The van der Waals surface area contributed by atoms with E-state index in [1.807, 2.05) is 18.2 Å². The number of anilines is 2. The summed E-state index contributed by atoms with van der Waals surface area (Å²) >= 11 is 13.5. The number of rotatable bonds is 8. The third kappa shape index (κ3) is 6.57. The maximum absolute atomic E-state index is 12.8. The SMILES string of the molecule is COc1cc(OC)c(NC(=O)C(C)Sc2cccc(NC(=O)c3cccc(Cl)c3)c2)cc1Cl. The molecule has 2 amide bonds. The topological polar surface area (TPSA) is 76.7 Å². The van der Waals surface area contributed by atoms with Crippen molar-refractivity contribution in [3.63, 3.8) is 0 Å². The van der Waals surface area contributed by atoms with E-state index in [2.05, 4.69) is 10.6 Å². The Morgan fingerprint density at radius 2 is 1.64 bits per heavy atom. The molecule has 172 valence electrons. The van der Waals surface area contributed by atoms with Crippen molar-refractivity contribution in [3.8, 4) is 11.5 Å². The minimum Gasteiger partial charge on any atom is -0.495 e. The molecule has 1 atom stereocenters. The van der Waals surface area contributed by atoms with E-state index in [0.29, 0.717) is 38.5 Å². The zero-order valence-corrected chi connectivity index (χ0v) is 20.5. The summed E-state index contributed by atoms with van der Waals surface area (Å²) < 4.78 is 10.5. The molecule has 0 bridgehead atoms. The van der Waals surface area contributed by atoms with Gasteiger partial charge in [0, 0.05) is 27.2 Å². The van der Waals surface area contributed by atoms with Crippen LogP contribution in [-0.2, 0) is 4.79 Å². The Labute approximate surface area is 206 Å². The highest BCUT2D eigenvalue weighted by atomic mass is 35.5. The number of nitrogens with one attached hydrogen (secondary N) is 2. The number of carbonyl (C=O) groups excluding carboxylic acids is 2. The highest BCUT2D eigenvalue weighted by Gasteiger charge is 2.18.